The molecule has 7 heteroatoms. The van der Waals surface area contributed by atoms with Crippen molar-refractivity contribution in [3.05, 3.63) is 54.1 Å². The first-order chi connectivity index (χ1) is 12.9. The topological polar surface area (TPSA) is 75.7 Å². The van der Waals surface area contributed by atoms with Gasteiger partial charge in [0.2, 0.25) is 10.0 Å². The van der Waals surface area contributed by atoms with E-state index in [2.05, 4.69) is 5.32 Å². The maximum Gasteiger partial charge on any atom is 0.255 e. The molecule has 3 rings (SSSR count). The fraction of sp³-hybridized carbons (Fsp3) is 0.350. The van der Waals surface area contributed by atoms with Crippen LogP contribution < -0.4 is 10.1 Å². The number of hydrogen-bond acceptors (Lipinski definition) is 4. The van der Waals surface area contributed by atoms with Crippen molar-refractivity contribution in [1.82, 2.24) is 4.31 Å². The number of rotatable bonds is 5. The van der Waals surface area contributed by atoms with Crippen LogP contribution in [0.15, 0.2) is 53.4 Å². The third kappa shape index (κ3) is 4.31. The zero-order chi connectivity index (χ0) is 19.4. The normalized spacial score (nSPS) is 18.1. The summed E-state index contributed by atoms with van der Waals surface area (Å²) in [6.45, 7) is 2.48. The number of amides is 1. The van der Waals surface area contributed by atoms with Gasteiger partial charge in [0.05, 0.1) is 12.0 Å². The molecule has 1 amide bonds. The van der Waals surface area contributed by atoms with E-state index in [1.807, 2.05) is 6.92 Å². The van der Waals surface area contributed by atoms with Crippen LogP contribution in [0.2, 0.25) is 0 Å². The predicted molar refractivity (Wildman–Crippen MR) is 105 cm³/mol. The van der Waals surface area contributed by atoms with Crippen LogP contribution in [0.3, 0.4) is 0 Å². The molecule has 0 saturated carbocycles. The molecule has 6 nitrogen and oxygen atoms in total. The number of piperidine rings is 1. The third-order valence-corrected chi connectivity index (χ3v) is 6.84. The fourth-order valence-corrected chi connectivity index (χ4v) is 4.92. The maximum absolute atomic E-state index is 12.8. The highest BCUT2D eigenvalue weighted by atomic mass is 32.2. The molecule has 0 aliphatic carbocycles. The monoisotopic (exact) mass is 388 g/mol. The van der Waals surface area contributed by atoms with Gasteiger partial charge in [-0.05, 0) is 68.3 Å². The third-order valence-electron chi connectivity index (χ3n) is 4.81. The van der Waals surface area contributed by atoms with Crippen LogP contribution in [0.1, 0.15) is 36.5 Å². The van der Waals surface area contributed by atoms with Crippen LogP contribution in [0.4, 0.5) is 5.69 Å². The van der Waals surface area contributed by atoms with E-state index >= 15 is 0 Å². The Labute approximate surface area is 160 Å². The van der Waals surface area contributed by atoms with E-state index in [9.17, 15) is 13.2 Å². The minimum absolute atomic E-state index is 0.00166. The van der Waals surface area contributed by atoms with Crippen molar-refractivity contribution in [2.75, 3.05) is 19.0 Å². The largest absolute Gasteiger partial charge is 0.497 e. The number of carbonyl (C=O) groups is 1. The summed E-state index contributed by atoms with van der Waals surface area (Å²) < 4.78 is 32.3. The van der Waals surface area contributed by atoms with Crippen LogP contribution in [0, 0.1) is 0 Å². The van der Waals surface area contributed by atoms with Crippen LogP contribution >= 0.6 is 0 Å². The molecule has 0 radical (unpaired) electrons. The zero-order valence-corrected chi connectivity index (χ0v) is 16.3. The lowest BCUT2D eigenvalue weighted by Crippen LogP contribution is -2.41. The lowest BCUT2D eigenvalue weighted by atomic mass is 10.1. The van der Waals surface area contributed by atoms with Crippen molar-refractivity contribution >= 4 is 21.6 Å². The summed E-state index contributed by atoms with van der Waals surface area (Å²) in [5, 5.41) is 2.78. The first-order valence-corrected chi connectivity index (χ1v) is 10.4. The van der Waals surface area contributed by atoms with Crippen LogP contribution in [0.25, 0.3) is 0 Å². The second kappa shape index (κ2) is 8.10. The number of hydrogen-bond donors (Lipinski definition) is 1. The first-order valence-electron chi connectivity index (χ1n) is 8.99. The van der Waals surface area contributed by atoms with Crippen LogP contribution in [-0.2, 0) is 10.0 Å². The Balaban J connectivity index is 1.73. The number of sulfonamides is 1. The number of methoxy groups -OCH3 is 1. The highest BCUT2D eigenvalue weighted by molar-refractivity contribution is 7.89. The Morgan fingerprint density at radius 1 is 1.07 bits per heavy atom. The summed E-state index contributed by atoms with van der Waals surface area (Å²) in [5.74, 6) is 0.407. The minimum Gasteiger partial charge on any atom is -0.497 e. The van der Waals surface area contributed by atoms with Crippen molar-refractivity contribution in [1.29, 1.82) is 0 Å². The molecule has 1 saturated heterocycles. The average Bonchev–Trinajstić information content (AvgIpc) is 2.69. The molecular formula is C20H24N2O4S. The quantitative estimate of drug-likeness (QED) is 0.850. The van der Waals surface area contributed by atoms with E-state index in [1.165, 1.54) is 12.1 Å². The van der Waals surface area contributed by atoms with Crippen LogP contribution in [-0.4, -0.2) is 38.3 Å². The van der Waals surface area contributed by atoms with Crippen molar-refractivity contribution in [2.45, 2.75) is 37.1 Å². The van der Waals surface area contributed by atoms with Gasteiger partial charge in [0.1, 0.15) is 5.75 Å². The Bertz CT molecular complexity index is 893. The molecule has 1 heterocycles. The fourth-order valence-electron chi connectivity index (χ4n) is 3.22. The number of carbonyl (C=O) groups excluding carboxylic acids is 1. The van der Waals surface area contributed by atoms with Crippen molar-refractivity contribution in [3.63, 3.8) is 0 Å². The summed E-state index contributed by atoms with van der Waals surface area (Å²) in [6.07, 6.45) is 2.81. The number of benzene rings is 2. The standard InChI is InChI=1S/C20H24N2O4S/c1-15-5-3-4-14-22(15)27(24,25)19-12-6-16(7-13-19)20(23)21-17-8-10-18(26-2)11-9-17/h6-13,15H,3-5,14H2,1-2H3,(H,21,23)/t15-/m1/s1. The van der Waals surface area contributed by atoms with Gasteiger partial charge in [-0.1, -0.05) is 6.42 Å². The molecule has 1 atom stereocenters. The zero-order valence-electron chi connectivity index (χ0n) is 15.5. The molecule has 2 aromatic rings. The van der Waals surface area contributed by atoms with Gasteiger partial charge in [0, 0.05) is 23.8 Å². The van der Waals surface area contributed by atoms with Crippen molar-refractivity contribution in [2.24, 2.45) is 0 Å². The van der Waals surface area contributed by atoms with Gasteiger partial charge < -0.3 is 10.1 Å². The summed E-state index contributed by atoms with van der Waals surface area (Å²) >= 11 is 0. The Hall–Kier alpha value is -2.38. The number of nitrogens with one attached hydrogen (secondary N) is 1. The average molecular weight is 388 g/mol. The molecule has 2 aromatic carbocycles. The van der Waals surface area contributed by atoms with E-state index in [0.29, 0.717) is 23.5 Å². The SMILES string of the molecule is COc1ccc(NC(=O)c2ccc(S(=O)(=O)N3CCCC[C@H]3C)cc2)cc1. The van der Waals surface area contributed by atoms with Gasteiger partial charge in [-0.2, -0.15) is 4.31 Å². The van der Waals surface area contributed by atoms with Gasteiger partial charge in [-0.15, -0.1) is 0 Å². The molecule has 0 unspecified atom stereocenters. The highest BCUT2D eigenvalue weighted by Gasteiger charge is 2.30. The predicted octanol–water partition coefficient (Wildman–Crippen LogP) is 3.51. The molecule has 0 bridgehead atoms. The molecule has 1 fully saturated rings. The smallest absolute Gasteiger partial charge is 0.255 e. The lowest BCUT2D eigenvalue weighted by molar-refractivity contribution is 0.102. The summed E-state index contributed by atoms with van der Waals surface area (Å²) in [7, 11) is -1.96. The molecule has 1 N–H and O–H groups in total. The van der Waals surface area contributed by atoms with Gasteiger partial charge in [-0.3, -0.25) is 4.79 Å². The van der Waals surface area contributed by atoms with Crippen molar-refractivity contribution in [3.8, 4) is 5.75 Å². The lowest BCUT2D eigenvalue weighted by Gasteiger charge is -2.32. The molecule has 27 heavy (non-hydrogen) atoms. The van der Waals surface area contributed by atoms with Crippen molar-refractivity contribution < 1.29 is 17.9 Å². The van der Waals surface area contributed by atoms with E-state index < -0.39 is 10.0 Å². The number of nitrogens with zero attached hydrogens (tertiary/aromatic N) is 1. The molecule has 1 aliphatic heterocycles. The second-order valence-electron chi connectivity index (χ2n) is 6.67. The Morgan fingerprint density at radius 3 is 2.33 bits per heavy atom. The van der Waals surface area contributed by atoms with E-state index in [4.69, 9.17) is 4.74 Å². The molecular weight excluding hydrogens is 364 g/mol. The number of anilines is 1. The maximum atomic E-state index is 12.8. The Kier molecular flexibility index (Phi) is 5.82. The van der Waals surface area contributed by atoms with E-state index in [1.54, 1.807) is 47.8 Å². The van der Waals surface area contributed by atoms with Gasteiger partial charge >= 0.3 is 0 Å². The van der Waals surface area contributed by atoms with E-state index in [-0.39, 0.29) is 16.8 Å². The first kappa shape index (κ1) is 19.4. The molecule has 0 aromatic heterocycles. The molecule has 1 aliphatic rings. The van der Waals surface area contributed by atoms with Crippen LogP contribution in [0.5, 0.6) is 5.75 Å². The van der Waals surface area contributed by atoms with Gasteiger partial charge in [0.25, 0.3) is 5.91 Å². The summed E-state index contributed by atoms with van der Waals surface area (Å²) in [4.78, 5) is 12.6. The summed E-state index contributed by atoms with van der Waals surface area (Å²) in [6, 6.07) is 13.1. The molecule has 144 valence electrons. The van der Waals surface area contributed by atoms with Gasteiger partial charge in [-0.25, -0.2) is 8.42 Å². The minimum atomic E-state index is -3.53. The van der Waals surface area contributed by atoms with Gasteiger partial charge in [0.15, 0.2) is 0 Å². The molecule has 0 spiro atoms. The second-order valence-corrected chi connectivity index (χ2v) is 8.56. The number of ether oxygens (including phenoxy) is 1. The summed E-state index contributed by atoms with van der Waals surface area (Å²) in [5.41, 5.74) is 1.04. The Morgan fingerprint density at radius 2 is 1.74 bits per heavy atom. The van der Waals surface area contributed by atoms with E-state index in [0.717, 1.165) is 19.3 Å². The highest BCUT2D eigenvalue weighted by Crippen LogP contribution is 2.25.